The molecule has 0 atom stereocenters. The van der Waals surface area contributed by atoms with Gasteiger partial charge in [-0.05, 0) is 111 Å². The zero-order valence-electron chi connectivity index (χ0n) is 26.5. The highest BCUT2D eigenvalue weighted by Gasteiger charge is 2.16. The van der Waals surface area contributed by atoms with Crippen LogP contribution >= 0.6 is 0 Å². The second-order valence-electron chi connectivity index (χ2n) is 10.5. The number of hydrogen-bond donors (Lipinski definition) is 0. The molecule has 2 aromatic rings. The Morgan fingerprint density at radius 2 is 1.64 bits per heavy atom. The fourth-order valence-electron chi connectivity index (χ4n) is 4.81. The lowest BCUT2D eigenvalue weighted by molar-refractivity contribution is 0.438. The summed E-state index contributed by atoms with van der Waals surface area (Å²) in [7, 11) is 0. The normalized spacial score (nSPS) is 14.8. The number of nitrogens with zero attached hydrogens (tertiary/aromatic N) is 1. The number of anilines is 1. The van der Waals surface area contributed by atoms with E-state index in [4.69, 9.17) is 0 Å². The van der Waals surface area contributed by atoms with Gasteiger partial charge in [-0.1, -0.05) is 107 Å². The average molecular weight is 526 g/mol. The van der Waals surface area contributed by atoms with Gasteiger partial charge in [0.2, 0.25) is 0 Å². The van der Waals surface area contributed by atoms with E-state index < -0.39 is 0 Å². The maximum atomic E-state index is 3.83. The van der Waals surface area contributed by atoms with Crippen LogP contribution < -0.4 is 4.90 Å². The molecule has 1 saturated heterocycles. The molecule has 0 aromatic heterocycles. The van der Waals surface area contributed by atoms with Gasteiger partial charge in [-0.3, -0.25) is 0 Å². The Hall–Kier alpha value is -3.06. The van der Waals surface area contributed by atoms with Gasteiger partial charge in [0.15, 0.2) is 0 Å². The molecular formula is C38H55N. The third kappa shape index (κ3) is 10.9. The second kappa shape index (κ2) is 18.3. The fourth-order valence-corrected chi connectivity index (χ4v) is 4.81. The van der Waals surface area contributed by atoms with Crippen molar-refractivity contribution in [2.24, 2.45) is 5.92 Å². The molecule has 1 nitrogen and oxygen atoms in total. The first-order chi connectivity index (χ1) is 18.7. The van der Waals surface area contributed by atoms with Crippen LogP contribution in [0.15, 0.2) is 90.6 Å². The number of hydrogen-bond acceptors (Lipinski definition) is 1. The predicted octanol–water partition coefficient (Wildman–Crippen LogP) is 11.5. The first-order valence-corrected chi connectivity index (χ1v) is 15.0. The molecule has 0 radical (unpaired) electrons. The van der Waals surface area contributed by atoms with Crippen molar-refractivity contribution < 1.29 is 0 Å². The van der Waals surface area contributed by atoms with Crippen LogP contribution in [0, 0.1) is 19.8 Å². The van der Waals surface area contributed by atoms with Crippen LogP contribution in [-0.4, -0.2) is 13.1 Å². The van der Waals surface area contributed by atoms with E-state index in [1.54, 1.807) is 0 Å². The van der Waals surface area contributed by atoms with Gasteiger partial charge < -0.3 is 4.90 Å². The zero-order valence-corrected chi connectivity index (χ0v) is 26.5. The maximum Gasteiger partial charge on any atom is 0.0372 e. The summed E-state index contributed by atoms with van der Waals surface area (Å²) >= 11 is 0. The summed E-state index contributed by atoms with van der Waals surface area (Å²) < 4.78 is 0. The van der Waals surface area contributed by atoms with E-state index in [2.05, 4.69) is 121 Å². The van der Waals surface area contributed by atoms with Crippen LogP contribution in [0.2, 0.25) is 0 Å². The van der Waals surface area contributed by atoms with Crippen molar-refractivity contribution in [2.45, 2.75) is 88.0 Å². The predicted molar refractivity (Wildman–Crippen MR) is 180 cm³/mol. The first-order valence-electron chi connectivity index (χ1n) is 15.0. The minimum absolute atomic E-state index is 0.871. The van der Waals surface area contributed by atoms with Gasteiger partial charge in [0.05, 0.1) is 0 Å². The quantitative estimate of drug-likeness (QED) is 0.245. The molecule has 0 amide bonds. The molecule has 0 spiro atoms. The van der Waals surface area contributed by atoms with Gasteiger partial charge >= 0.3 is 0 Å². The van der Waals surface area contributed by atoms with Crippen molar-refractivity contribution in [3.8, 4) is 0 Å². The van der Waals surface area contributed by atoms with Gasteiger partial charge in [-0.2, -0.15) is 0 Å². The minimum Gasteiger partial charge on any atom is -0.371 e. The highest BCUT2D eigenvalue weighted by Crippen LogP contribution is 2.27. The number of piperidine rings is 1. The van der Waals surface area contributed by atoms with E-state index in [-0.39, 0.29) is 0 Å². The van der Waals surface area contributed by atoms with Gasteiger partial charge in [-0.15, -0.1) is 0 Å². The van der Waals surface area contributed by atoms with E-state index in [1.807, 2.05) is 26.0 Å². The SMILES string of the molecule is C/C(=C\c1cc(C)ccc1C)c1cccc(N2CCC(C)CC2)c1.C=C/C(C)=C(C=C)/C(=C\C)CCC.CC. The highest BCUT2D eigenvalue weighted by molar-refractivity contribution is 5.82. The summed E-state index contributed by atoms with van der Waals surface area (Å²) in [6.07, 6.45) is 13.2. The lowest BCUT2D eigenvalue weighted by Crippen LogP contribution is -2.32. The standard InChI is InChI=1S/C23H29N.C13H20.C2H6/c1-17-10-12-24(13-11-17)23-7-5-6-21(16-23)20(4)15-22-14-18(2)8-9-19(22)3;1-6-10-12(8-3)13(9-4)11(5)7-2;1-2/h5-9,14-17H,10-13H2,1-4H3;7-9H,2,4,6,10H2,1,3,5H3;1-2H3/b20-15+;12-8-,13-11+;. The summed E-state index contributed by atoms with van der Waals surface area (Å²) in [5.41, 5.74) is 11.8. The molecule has 1 aliphatic heterocycles. The van der Waals surface area contributed by atoms with Crippen LogP contribution in [0.5, 0.6) is 0 Å². The number of rotatable bonds is 8. The molecule has 1 heterocycles. The Bertz CT molecular complexity index is 1130. The maximum absolute atomic E-state index is 3.83. The van der Waals surface area contributed by atoms with E-state index in [0.29, 0.717) is 0 Å². The monoisotopic (exact) mass is 525 g/mol. The molecule has 1 fully saturated rings. The third-order valence-electron chi connectivity index (χ3n) is 7.41. The molecule has 0 N–H and O–H groups in total. The average Bonchev–Trinajstić information content (AvgIpc) is 2.96. The topological polar surface area (TPSA) is 3.24 Å². The molecule has 1 aliphatic rings. The van der Waals surface area contributed by atoms with E-state index >= 15 is 0 Å². The van der Waals surface area contributed by atoms with E-state index in [9.17, 15) is 0 Å². The zero-order chi connectivity index (χ0) is 29.4. The molecule has 0 unspecified atom stereocenters. The lowest BCUT2D eigenvalue weighted by atomic mass is 9.97. The molecule has 0 bridgehead atoms. The second-order valence-corrected chi connectivity index (χ2v) is 10.5. The first kappa shape index (κ1) is 34.0. The van der Waals surface area contributed by atoms with Gasteiger partial charge in [0.25, 0.3) is 0 Å². The molecule has 212 valence electrons. The van der Waals surface area contributed by atoms with Crippen molar-refractivity contribution in [2.75, 3.05) is 18.0 Å². The summed E-state index contributed by atoms with van der Waals surface area (Å²) in [4.78, 5) is 2.54. The molecule has 3 rings (SSSR count). The number of allylic oxidation sites excluding steroid dienone is 7. The minimum atomic E-state index is 0.871. The number of benzene rings is 2. The molecular weight excluding hydrogens is 470 g/mol. The molecule has 2 aromatic carbocycles. The molecule has 1 heteroatoms. The van der Waals surface area contributed by atoms with Crippen molar-refractivity contribution >= 4 is 17.3 Å². The summed E-state index contributed by atoms with van der Waals surface area (Å²) in [5, 5.41) is 0. The Morgan fingerprint density at radius 1 is 0.974 bits per heavy atom. The van der Waals surface area contributed by atoms with Crippen molar-refractivity contribution in [3.05, 3.63) is 113 Å². The lowest BCUT2D eigenvalue weighted by Gasteiger charge is -2.32. The van der Waals surface area contributed by atoms with E-state index in [0.717, 1.165) is 12.3 Å². The third-order valence-corrected chi connectivity index (χ3v) is 7.41. The summed E-state index contributed by atoms with van der Waals surface area (Å²) in [5.74, 6) is 0.871. The van der Waals surface area contributed by atoms with E-state index in [1.165, 1.54) is 82.6 Å². The number of aryl methyl sites for hydroxylation is 2. The Morgan fingerprint density at radius 3 is 2.21 bits per heavy atom. The van der Waals surface area contributed by atoms with Crippen LogP contribution in [0.1, 0.15) is 96.4 Å². The van der Waals surface area contributed by atoms with Gasteiger partial charge in [0.1, 0.15) is 0 Å². The van der Waals surface area contributed by atoms with Gasteiger partial charge in [0, 0.05) is 18.8 Å². The Balaban J connectivity index is 0.000000433. The molecule has 0 saturated carbocycles. The smallest absolute Gasteiger partial charge is 0.0372 e. The van der Waals surface area contributed by atoms with Crippen LogP contribution in [-0.2, 0) is 0 Å². The highest BCUT2D eigenvalue weighted by atomic mass is 15.1. The molecule has 0 aliphatic carbocycles. The summed E-state index contributed by atoms with van der Waals surface area (Å²) in [6, 6.07) is 15.7. The van der Waals surface area contributed by atoms with Crippen LogP contribution in [0.25, 0.3) is 11.6 Å². The van der Waals surface area contributed by atoms with Gasteiger partial charge in [-0.25, -0.2) is 0 Å². The van der Waals surface area contributed by atoms with Crippen molar-refractivity contribution in [1.29, 1.82) is 0 Å². The van der Waals surface area contributed by atoms with Crippen LogP contribution in [0.4, 0.5) is 5.69 Å². The van der Waals surface area contributed by atoms with Crippen molar-refractivity contribution in [1.82, 2.24) is 0 Å². The fraction of sp³-hybridized carbons (Fsp3) is 0.421. The Labute approximate surface area is 241 Å². The summed E-state index contributed by atoms with van der Waals surface area (Å²) in [6.45, 7) is 29.2. The Kier molecular flexibility index (Phi) is 15.9. The largest absolute Gasteiger partial charge is 0.371 e. The van der Waals surface area contributed by atoms with Crippen LogP contribution in [0.3, 0.4) is 0 Å². The molecule has 39 heavy (non-hydrogen) atoms. The van der Waals surface area contributed by atoms with Crippen molar-refractivity contribution in [3.63, 3.8) is 0 Å².